The van der Waals surface area contributed by atoms with Crippen molar-refractivity contribution in [2.75, 3.05) is 37.8 Å². The van der Waals surface area contributed by atoms with E-state index in [1.807, 2.05) is 0 Å². The Kier molecular flexibility index (Phi) is 4.58. The Balaban J connectivity index is 1.74. The van der Waals surface area contributed by atoms with E-state index in [4.69, 9.17) is 4.74 Å². The second-order valence-corrected chi connectivity index (χ2v) is 7.14. The van der Waals surface area contributed by atoms with Crippen molar-refractivity contribution in [3.8, 4) is 0 Å². The summed E-state index contributed by atoms with van der Waals surface area (Å²) >= 11 is 0. The lowest BCUT2D eigenvalue weighted by molar-refractivity contribution is -0.119. The molecule has 2 N–H and O–H groups in total. The molecule has 0 aliphatic carbocycles. The summed E-state index contributed by atoms with van der Waals surface area (Å²) in [7, 11) is -3.27. The first kappa shape index (κ1) is 13.8. The van der Waals surface area contributed by atoms with Crippen LogP contribution < -0.4 is 10.6 Å². The van der Waals surface area contributed by atoms with Gasteiger partial charge in [-0.15, -0.1) is 0 Å². The fraction of sp³-hybridized carbons (Fsp3) is 0.909. The first-order valence-corrected chi connectivity index (χ1v) is 8.15. The van der Waals surface area contributed by atoms with Crippen molar-refractivity contribution in [3.05, 3.63) is 0 Å². The molecule has 0 aromatic carbocycles. The second kappa shape index (κ2) is 5.99. The van der Waals surface area contributed by atoms with Gasteiger partial charge in [0.1, 0.15) is 5.75 Å². The average molecular weight is 276 g/mol. The van der Waals surface area contributed by atoms with Crippen LogP contribution in [0.25, 0.3) is 0 Å². The highest BCUT2D eigenvalue weighted by Gasteiger charge is 2.27. The summed E-state index contributed by atoms with van der Waals surface area (Å²) in [4.78, 5) is 11.7. The van der Waals surface area contributed by atoms with Gasteiger partial charge in [0.25, 0.3) is 0 Å². The molecule has 2 fully saturated rings. The van der Waals surface area contributed by atoms with Crippen molar-refractivity contribution < 1.29 is 17.9 Å². The van der Waals surface area contributed by atoms with Gasteiger partial charge in [0, 0.05) is 32.3 Å². The maximum atomic E-state index is 11.8. The number of amides is 1. The van der Waals surface area contributed by atoms with Crippen molar-refractivity contribution in [1.29, 1.82) is 0 Å². The summed E-state index contributed by atoms with van der Waals surface area (Å²) in [6.45, 7) is 2.73. The summed E-state index contributed by atoms with van der Waals surface area (Å²) < 4.78 is 28.7. The van der Waals surface area contributed by atoms with Crippen molar-refractivity contribution in [3.63, 3.8) is 0 Å². The van der Waals surface area contributed by atoms with Crippen LogP contribution in [0.15, 0.2) is 0 Å². The molecule has 0 atom stereocenters. The molecule has 0 bridgehead atoms. The molecule has 2 aliphatic heterocycles. The highest BCUT2D eigenvalue weighted by atomic mass is 32.2. The molecule has 0 aromatic rings. The van der Waals surface area contributed by atoms with E-state index in [0.717, 1.165) is 25.9 Å². The van der Waals surface area contributed by atoms with E-state index < -0.39 is 9.84 Å². The third-order valence-corrected chi connectivity index (χ3v) is 4.97. The molecule has 6 nitrogen and oxygen atoms in total. The smallest absolute Gasteiger partial charge is 0.235 e. The van der Waals surface area contributed by atoms with Crippen molar-refractivity contribution >= 4 is 15.7 Å². The highest BCUT2D eigenvalue weighted by molar-refractivity contribution is 7.92. The molecule has 104 valence electrons. The van der Waals surface area contributed by atoms with Crippen LogP contribution in [0.4, 0.5) is 0 Å². The molecule has 2 rings (SSSR count). The molecule has 2 aliphatic rings. The minimum absolute atomic E-state index is 0.0619. The van der Waals surface area contributed by atoms with E-state index in [1.165, 1.54) is 0 Å². The molecule has 2 heterocycles. The van der Waals surface area contributed by atoms with E-state index in [2.05, 4.69) is 10.6 Å². The number of sulfone groups is 1. The maximum absolute atomic E-state index is 11.8. The van der Waals surface area contributed by atoms with Gasteiger partial charge in [-0.25, -0.2) is 8.42 Å². The molecule has 7 heteroatoms. The van der Waals surface area contributed by atoms with Gasteiger partial charge in [0.2, 0.25) is 5.91 Å². The number of rotatable bonds is 5. The lowest BCUT2D eigenvalue weighted by Gasteiger charge is -2.27. The SMILES string of the molecule is O=C(CS(=O)(=O)CC1CNC1)NC1CCOCC1. The van der Waals surface area contributed by atoms with Gasteiger partial charge >= 0.3 is 0 Å². The molecule has 18 heavy (non-hydrogen) atoms. The zero-order valence-electron chi connectivity index (χ0n) is 10.4. The minimum atomic E-state index is -3.27. The molecule has 1 amide bonds. The van der Waals surface area contributed by atoms with Crippen LogP contribution in [0.1, 0.15) is 12.8 Å². The van der Waals surface area contributed by atoms with Crippen LogP contribution in [0.2, 0.25) is 0 Å². The first-order valence-electron chi connectivity index (χ1n) is 6.33. The van der Waals surface area contributed by atoms with E-state index in [9.17, 15) is 13.2 Å². The lowest BCUT2D eigenvalue weighted by Crippen LogP contribution is -2.47. The van der Waals surface area contributed by atoms with Gasteiger partial charge in [-0.2, -0.15) is 0 Å². The van der Waals surface area contributed by atoms with Gasteiger partial charge in [-0.05, 0) is 18.8 Å². The van der Waals surface area contributed by atoms with Gasteiger partial charge < -0.3 is 15.4 Å². The molecule has 2 saturated heterocycles. The highest BCUT2D eigenvalue weighted by Crippen LogP contribution is 2.09. The van der Waals surface area contributed by atoms with Gasteiger partial charge in [-0.1, -0.05) is 0 Å². The number of ether oxygens (including phenoxy) is 1. The van der Waals surface area contributed by atoms with E-state index in [-0.39, 0.29) is 29.4 Å². The summed E-state index contributed by atoms with van der Waals surface area (Å²) in [6, 6.07) is 0.0619. The molecule has 0 saturated carbocycles. The number of nitrogens with one attached hydrogen (secondary N) is 2. The third-order valence-electron chi connectivity index (χ3n) is 3.29. The largest absolute Gasteiger partial charge is 0.381 e. The van der Waals surface area contributed by atoms with Crippen LogP contribution >= 0.6 is 0 Å². The Morgan fingerprint density at radius 2 is 1.94 bits per heavy atom. The predicted molar refractivity (Wildman–Crippen MR) is 67.0 cm³/mol. The summed E-state index contributed by atoms with van der Waals surface area (Å²) in [5.74, 6) is -0.484. The van der Waals surface area contributed by atoms with E-state index >= 15 is 0 Å². The molecule has 0 unspecified atom stereocenters. The van der Waals surface area contributed by atoms with E-state index in [0.29, 0.717) is 13.2 Å². The summed E-state index contributed by atoms with van der Waals surface area (Å²) in [6.07, 6.45) is 1.52. The van der Waals surface area contributed by atoms with Gasteiger partial charge in [0.15, 0.2) is 9.84 Å². The van der Waals surface area contributed by atoms with Crippen molar-refractivity contribution in [2.45, 2.75) is 18.9 Å². The fourth-order valence-corrected chi connectivity index (χ4v) is 3.75. The van der Waals surface area contributed by atoms with Crippen LogP contribution in [-0.4, -0.2) is 58.2 Å². The Hall–Kier alpha value is -0.660. The Morgan fingerprint density at radius 1 is 1.28 bits per heavy atom. The van der Waals surface area contributed by atoms with Crippen LogP contribution in [0, 0.1) is 5.92 Å². The average Bonchev–Trinajstić information content (AvgIpc) is 2.24. The quantitative estimate of drug-likeness (QED) is 0.667. The second-order valence-electron chi connectivity index (χ2n) is 5.03. The zero-order valence-corrected chi connectivity index (χ0v) is 11.2. The van der Waals surface area contributed by atoms with E-state index in [1.54, 1.807) is 0 Å². The normalized spacial score (nSPS) is 22.4. The Morgan fingerprint density at radius 3 is 2.50 bits per heavy atom. The molecule has 0 spiro atoms. The third kappa shape index (κ3) is 4.22. The number of hydrogen-bond acceptors (Lipinski definition) is 5. The van der Waals surface area contributed by atoms with Crippen molar-refractivity contribution in [1.82, 2.24) is 10.6 Å². The minimum Gasteiger partial charge on any atom is -0.381 e. The molecule has 0 aromatic heterocycles. The molecule has 0 radical (unpaired) electrons. The number of hydrogen-bond donors (Lipinski definition) is 2. The maximum Gasteiger partial charge on any atom is 0.235 e. The Labute approximate surface area is 107 Å². The topological polar surface area (TPSA) is 84.5 Å². The van der Waals surface area contributed by atoms with Crippen LogP contribution in [0.3, 0.4) is 0 Å². The van der Waals surface area contributed by atoms with Crippen LogP contribution in [-0.2, 0) is 19.4 Å². The number of carbonyl (C=O) groups is 1. The van der Waals surface area contributed by atoms with Gasteiger partial charge in [0.05, 0.1) is 5.75 Å². The standard InChI is InChI=1S/C11H20N2O4S/c14-11(13-10-1-3-17-4-2-10)8-18(15,16)7-9-5-12-6-9/h9-10,12H,1-8H2,(H,13,14). The summed E-state index contributed by atoms with van der Waals surface area (Å²) in [5.41, 5.74) is 0. The fourth-order valence-electron chi connectivity index (χ4n) is 2.20. The van der Waals surface area contributed by atoms with Crippen LogP contribution in [0.5, 0.6) is 0 Å². The predicted octanol–water partition coefficient (Wildman–Crippen LogP) is -1.08. The summed E-state index contributed by atoms with van der Waals surface area (Å²) in [5, 5.41) is 5.79. The molecular formula is C11H20N2O4S. The number of carbonyl (C=O) groups excluding carboxylic acids is 1. The lowest BCUT2D eigenvalue weighted by atomic mass is 10.1. The first-order chi connectivity index (χ1) is 8.55. The zero-order chi connectivity index (χ0) is 13.0. The van der Waals surface area contributed by atoms with Crippen molar-refractivity contribution in [2.24, 2.45) is 5.92 Å². The monoisotopic (exact) mass is 276 g/mol. The Bertz CT molecular complexity index is 386. The van der Waals surface area contributed by atoms with Gasteiger partial charge in [-0.3, -0.25) is 4.79 Å². The molecular weight excluding hydrogens is 256 g/mol.